The minimum absolute atomic E-state index is 0.123. The van der Waals surface area contributed by atoms with E-state index in [0.717, 1.165) is 18.9 Å². The van der Waals surface area contributed by atoms with Crippen molar-refractivity contribution in [1.82, 2.24) is 10.3 Å². The second kappa shape index (κ2) is 6.44. The summed E-state index contributed by atoms with van der Waals surface area (Å²) in [6, 6.07) is 2.55. The lowest BCUT2D eigenvalue weighted by Crippen LogP contribution is -2.26. The molecule has 2 N–H and O–H groups in total. The van der Waals surface area contributed by atoms with E-state index in [0.29, 0.717) is 12.1 Å². The smallest absolute Gasteiger partial charge is 0.252 e. The number of aromatic nitrogens is 1. The van der Waals surface area contributed by atoms with Gasteiger partial charge < -0.3 is 10.4 Å². The number of hydrogen-bond donors (Lipinski definition) is 2. The third kappa shape index (κ3) is 4.79. The van der Waals surface area contributed by atoms with Crippen LogP contribution >= 0.6 is 0 Å². The van der Waals surface area contributed by atoms with Crippen LogP contribution < -0.4 is 5.32 Å². The molecular formula is C13H19FN2O2. The molecule has 0 bridgehead atoms. The van der Waals surface area contributed by atoms with E-state index in [9.17, 15) is 9.18 Å². The van der Waals surface area contributed by atoms with Crippen LogP contribution in [0.4, 0.5) is 4.39 Å². The Morgan fingerprint density at radius 1 is 1.50 bits per heavy atom. The van der Waals surface area contributed by atoms with Gasteiger partial charge in [0.2, 0.25) is 5.95 Å². The molecule has 0 aliphatic heterocycles. The molecule has 0 saturated heterocycles. The number of carbonyl (C=O) groups is 1. The standard InChI is InChI=1S/C13H19FN2O2/c1-13(2,9-17)6-3-7-15-12(18)10-4-5-11(14)16-8-10/h4-5,8,17H,3,6-7,9H2,1-2H3,(H,15,18). The predicted molar refractivity (Wildman–Crippen MR) is 66.6 cm³/mol. The van der Waals surface area contributed by atoms with Gasteiger partial charge in [-0.3, -0.25) is 4.79 Å². The molecule has 18 heavy (non-hydrogen) atoms. The van der Waals surface area contributed by atoms with Crippen LogP contribution in [-0.4, -0.2) is 29.1 Å². The van der Waals surface area contributed by atoms with Crippen molar-refractivity contribution in [2.75, 3.05) is 13.2 Å². The molecule has 0 radical (unpaired) electrons. The third-order valence-corrected chi connectivity index (χ3v) is 2.73. The van der Waals surface area contributed by atoms with E-state index in [4.69, 9.17) is 5.11 Å². The Labute approximate surface area is 106 Å². The van der Waals surface area contributed by atoms with Crippen molar-refractivity contribution >= 4 is 5.91 Å². The topological polar surface area (TPSA) is 62.2 Å². The maximum Gasteiger partial charge on any atom is 0.252 e. The molecule has 1 aromatic rings. The van der Waals surface area contributed by atoms with Crippen LogP contribution in [0, 0.1) is 11.4 Å². The molecule has 0 aliphatic rings. The molecule has 0 aromatic carbocycles. The van der Waals surface area contributed by atoms with Gasteiger partial charge in [-0.05, 0) is 30.4 Å². The maximum atomic E-state index is 12.6. The number of nitrogens with zero attached hydrogens (tertiary/aromatic N) is 1. The van der Waals surface area contributed by atoms with Crippen LogP contribution in [0.3, 0.4) is 0 Å². The molecule has 5 heteroatoms. The Kier molecular flexibility index (Phi) is 5.22. The van der Waals surface area contributed by atoms with Crippen LogP contribution in [0.2, 0.25) is 0 Å². The molecule has 1 heterocycles. The van der Waals surface area contributed by atoms with E-state index in [1.54, 1.807) is 0 Å². The van der Waals surface area contributed by atoms with Gasteiger partial charge in [0.1, 0.15) is 0 Å². The maximum absolute atomic E-state index is 12.6. The van der Waals surface area contributed by atoms with Crippen LogP contribution in [0.1, 0.15) is 37.0 Å². The molecule has 0 aliphatic carbocycles. The summed E-state index contributed by atoms with van der Waals surface area (Å²) in [6.45, 7) is 4.60. The molecule has 0 atom stereocenters. The molecular weight excluding hydrogens is 235 g/mol. The largest absolute Gasteiger partial charge is 0.396 e. The SMILES string of the molecule is CC(C)(CO)CCCNC(=O)c1ccc(F)nc1. The number of nitrogens with one attached hydrogen (secondary N) is 1. The Morgan fingerprint density at radius 3 is 2.78 bits per heavy atom. The first-order valence-corrected chi connectivity index (χ1v) is 5.95. The molecule has 1 aromatic heterocycles. The lowest BCUT2D eigenvalue weighted by Gasteiger charge is -2.21. The van der Waals surface area contributed by atoms with Gasteiger partial charge in [-0.2, -0.15) is 4.39 Å². The van der Waals surface area contributed by atoms with E-state index in [-0.39, 0.29) is 17.9 Å². The van der Waals surface area contributed by atoms with Crippen LogP contribution in [0.25, 0.3) is 0 Å². The Balaban J connectivity index is 2.32. The molecule has 4 nitrogen and oxygen atoms in total. The van der Waals surface area contributed by atoms with E-state index in [2.05, 4.69) is 10.3 Å². The van der Waals surface area contributed by atoms with E-state index >= 15 is 0 Å². The number of aliphatic hydroxyl groups is 1. The zero-order valence-electron chi connectivity index (χ0n) is 10.7. The second-order valence-electron chi connectivity index (χ2n) is 5.05. The fourth-order valence-electron chi connectivity index (χ4n) is 1.46. The van der Waals surface area contributed by atoms with Crippen LogP contribution in [0.5, 0.6) is 0 Å². The van der Waals surface area contributed by atoms with Crippen LogP contribution in [-0.2, 0) is 0 Å². The second-order valence-corrected chi connectivity index (χ2v) is 5.05. The number of rotatable bonds is 6. The number of hydrogen-bond acceptors (Lipinski definition) is 3. The Bertz CT molecular complexity index is 390. The van der Waals surface area contributed by atoms with Gasteiger partial charge >= 0.3 is 0 Å². The van der Waals surface area contributed by atoms with Crippen molar-refractivity contribution < 1.29 is 14.3 Å². The first kappa shape index (κ1) is 14.6. The van der Waals surface area contributed by atoms with Crippen molar-refractivity contribution in [2.45, 2.75) is 26.7 Å². The lowest BCUT2D eigenvalue weighted by atomic mass is 9.89. The average Bonchev–Trinajstić information content (AvgIpc) is 2.35. The molecule has 0 fully saturated rings. The number of aliphatic hydroxyl groups excluding tert-OH is 1. The lowest BCUT2D eigenvalue weighted by molar-refractivity contribution is 0.0948. The fourth-order valence-corrected chi connectivity index (χ4v) is 1.46. The monoisotopic (exact) mass is 254 g/mol. The summed E-state index contributed by atoms with van der Waals surface area (Å²) in [5, 5.41) is 11.8. The van der Waals surface area contributed by atoms with Crippen molar-refractivity contribution in [3.8, 4) is 0 Å². The van der Waals surface area contributed by atoms with Gasteiger partial charge in [0, 0.05) is 19.3 Å². The number of pyridine rings is 1. The minimum atomic E-state index is -0.601. The van der Waals surface area contributed by atoms with E-state index < -0.39 is 5.95 Å². The van der Waals surface area contributed by atoms with Gasteiger partial charge in [0.15, 0.2) is 0 Å². The molecule has 0 spiro atoms. The fraction of sp³-hybridized carbons (Fsp3) is 0.538. The highest BCUT2D eigenvalue weighted by Crippen LogP contribution is 2.20. The summed E-state index contributed by atoms with van der Waals surface area (Å²) < 4.78 is 12.6. The van der Waals surface area contributed by atoms with Crippen LogP contribution in [0.15, 0.2) is 18.3 Å². The number of carbonyl (C=O) groups excluding carboxylic acids is 1. The summed E-state index contributed by atoms with van der Waals surface area (Å²) in [5.74, 6) is -0.861. The Morgan fingerprint density at radius 2 is 2.22 bits per heavy atom. The minimum Gasteiger partial charge on any atom is -0.396 e. The highest BCUT2D eigenvalue weighted by Gasteiger charge is 2.15. The van der Waals surface area contributed by atoms with Gasteiger partial charge in [-0.1, -0.05) is 13.8 Å². The quantitative estimate of drug-likeness (QED) is 0.600. The van der Waals surface area contributed by atoms with Crippen molar-refractivity contribution in [2.24, 2.45) is 5.41 Å². The third-order valence-electron chi connectivity index (χ3n) is 2.73. The molecule has 1 amide bonds. The van der Waals surface area contributed by atoms with Gasteiger partial charge in [-0.25, -0.2) is 4.98 Å². The summed E-state index contributed by atoms with van der Waals surface area (Å²) >= 11 is 0. The summed E-state index contributed by atoms with van der Waals surface area (Å²) in [5.41, 5.74) is 0.222. The molecule has 1 rings (SSSR count). The van der Waals surface area contributed by atoms with Gasteiger partial charge in [0.05, 0.1) is 5.56 Å². The first-order chi connectivity index (χ1) is 8.44. The highest BCUT2D eigenvalue weighted by atomic mass is 19.1. The zero-order chi connectivity index (χ0) is 13.6. The molecule has 0 unspecified atom stereocenters. The normalized spacial score (nSPS) is 11.3. The summed E-state index contributed by atoms with van der Waals surface area (Å²) in [4.78, 5) is 15.0. The average molecular weight is 254 g/mol. The van der Waals surface area contributed by atoms with E-state index in [1.807, 2.05) is 13.8 Å². The van der Waals surface area contributed by atoms with Gasteiger partial charge in [0.25, 0.3) is 5.91 Å². The predicted octanol–water partition coefficient (Wildman–Crippen LogP) is 1.75. The van der Waals surface area contributed by atoms with Gasteiger partial charge in [-0.15, -0.1) is 0 Å². The highest BCUT2D eigenvalue weighted by molar-refractivity contribution is 5.93. The van der Waals surface area contributed by atoms with Crippen molar-refractivity contribution in [3.63, 3.8) is 0 Å². The summed E-state index contributed by atoms with van der Waals surface area (Å²) in [7, 11) is 0. The first-order valence-electron chi connectivity index (χ1n) is 5.95. The van der Waals surface area contributed by atoms with E-state index in [1.165, 1.54) is 12.3 Å². The Hall–Kier alpha value is -1.49. The molecule has 100 valence electrons. The number of halogens is 1. The zero-order valence-corrected chi connectivity index (χ0v) is 10.7. The number of amides is 1. The molecule has 0 saturated carbocycles. The van der Waals surface area contributed by atoms with Crippen molar-refractivity contribution in [3.05, 3.63) is 29.8 Å². The van der Waals surface area contributed by atoms with Crippen molar-refractivity contribution in [1.29, 1.82) is 0 Å². The summed E-state index contributed by atoms with van der Waals surface area (Å²) in [6.07, 6.45) is 2.82.